The monoisotopic (exact) mass is 300 g/mol. The van der Waals surface area contributed by atoms with Crippen molar-refractivity contribution in [2.24, 2.45) is 5.92 Å². The third-order valence-corrected chi connectivity index (χ3v) is 3.93. The fourth-order valence-corrected chi connectivity index (χ4v) is 2.60. The van der Waals surface area contributed by atoms with Crippen LogP contribution in [0.15, 0.2) is 0 Å². The Morgan fingerprint density at radius 2 is 1.81 bits per heavy atom. The molecule has 1 rings (SSSR count). The lowest BCUT2D eigenvalue weighted by Gasteiger charge is -2.24. The van der Waals surface area contributed by atoms with Gasteiger partial charge in [0.15, 0.2) is 0 Å². The molecule has 2 amide bonds. The molecule has 1 fully saturated rings. The van der Waals surface area contributed by atoms with Crippen molar-refractivity contribution in [2.75, 3.05) is 0 Å². The van der Waals surface area contributed by atoms with Crippen LogP contribution in [0.25, 0.3) is 0 Å². The van der Waals surface area contributed by atoms with Crippen molar-refractivity contribution >= 4 is 18.0 Å². The normalized spacial score (nSPS) is 23.7. The van der Waals surface area contributed by atoms with Gasteiger partial charge in [0, 0.05) is 12.5 Å². The zero-order valence-corrected chi connectivity index (χ0v) is 12.3. The highest BCUT2D eigenvalue weighted by atomic mass is 16.4. The van der Waals surface area contributed by atoms with Gasteiger partial charge in [-0.25, -0.2) is 9.59 Å². The molecule has 0 saturated heterocycles. The van der Waals surface area contributed by atoms with Gasteiger partial charge in [-0.3, -0.25) is 4.79 Å². The molecule has 0 aliphatic heterocycles. The molecule has 0 aromatic rings. The fraction of sp³-hybridized carbons (Fsp3) is 0.786. The predicted octanol–water partition coefficient (Wildman–Crippen LogP) is 1.57. The Kier molecular flexibility index (Phi) is 6.98. The Morgan fingerprint density at radius 3 is 2.43 bits per heavy atom. The molecule has 0 spiro atoms. The van der Waals surface area contributed by atoms with Crippen LogP contribution in [0.3, 0.4) is 0 Å². The van der Waals surface area contributed by atoms with E-state index in [0.717, 1.165) is 32.1 Å². The summed E-state index contributed by atoms with van der Waals surface area (Å²) in [6, 6.07) is -1.67. The van der Waals surface area contributed by atoms with Crippen molar-refractivity contribution in [3.63, 3.8) is 0 Å². The van der Waals surface area contributed by atoms with Gasteiger partial charge in [-0.05, 0) is 25.2 Å². The van der Waals surface area contributed by atoms with Crippen molar-refractivity contribution in [1.82, 2.24) is 10.6 Å². The number of hydrogen-bond acceptors (Lipinski definition) is 3. The minimum absolute atomic E-state index is 0.0430. The second-order valence-corrected chi connectivity index (χ2v) is 5.66. The van der Waals surface area contributed by atoms with Gasteiger partial charge in [-0.15, -0.1) is 0 Å². The van der Waals surface area contributed by atoms with Gasteiger partial charge in [0.1, 0.15) is 6.04 Å². The van der Waals surface area contributed by atoms with E-state index in [1.807, 2.05) is 0 Å². The number of aliphatic carboxylic acids is 2. The Morgan fingerprint density at radius 1 is 1.14 bits per heavy atom. The molecule has 120 valence electrons. The van der Waals surface area contributed by atoms with Crippen molar-refractivity contribution in [2.45, 2.75) is 64.0 Å². The van der Waals surface area contributed by atoms with Crippen molar-refractivity contribution in [1.29, 1.82) is 0 Å². The Hall–Kier alpha value is -1.79. The first-order chi connectivity index (χ1) is 9.90. The zero-order chi connectivity index (χ0) is 15.8. The molecule has 0 radical (unpaired) electrons. The van der Waals surface area contributed by atoms with Crippen LogP contribution in [0.2, 0.25) is 0 Å². The molecular weight excluding hydrogens is 276 g/mol. The van der Waals surface area contributed by atoms with Gasteiger partial charge < -0.3 is 20.8 Å². The van der Waals surface area contributed by atoms with Gasteiger partial charge in [0.25, 0.3) is 0 Å². The largest absolute Gasteiger partial charge is 0.481 e. The number of carboxylic acids is 2. The quantitative estimate of drug-likeness (QED) is 0.556. The summed E-state index contributed by atoms with van der Waals surface area (Å²) in [6.07, 6.45) is 4.87. The van der Waals surface area contributed by atoms with E-state index >= 15 is 0 Å². The number of amides is 2. The third kappa shape index (κ3) is 6.46. The lowest BCUT2D eigenvalue weighted by molar-refractivity contribution is -0.140. The van der Waals surface area contributed by atoms with Gasteiger partial charge >= 0.3 is 18.0 Å². The van der Waals surface area contributed by atoms with Gasteiger partial charge in [0.2, 0.25) is 0 Å². The summed E-state index contributed by atoms with van der Waals surface area (Å²) >= 11 is 0. The summed E-state index contributed by atoms with van der Waals surface area (Å²) < 4.78 is 0. The summed E-state index contributed by atoms with van der Waals surface area (Å²) in [6.45, 7) is 2.08. The Labute approximate surface area is 124 Å². The third-order valence-electron chi connectivity index (χ3n) is 3.93. The molecule has 7 nitrogen and oxygen atoms in total. The average molecular weight is 300 g/mol. The molecule has 1 saturated carbocycles. The molecule has 1 aliphatic carbocycles. The van der Waals surface area contributed by atoms with Crippen LogP contribution in [-0.2, 0) is 9.59 Å². The first-order valence-corrected chi connectivity index (χ1v) is 7.41. The van der Waals surface area contributed by atoms with E-state index in [-0.39, 0.29) is 18.9 Å². The number of carboxylic acid groups (broad SMARTS) is 2. The van der Waals surface area contributed by atoms with Crippen LogP contribution in [0, 0.1) is 5.92 Å². The van der Waals surface area contributed by atoms with E-state index in [9.17, 15) is 14.4 Å². The average Bonchev–Trinajstić information content (AvgIpc) is 2.59. The van der Waals surface area contributed by atoms with Crippen LogP contribution in [-0.4, -0.2) is 40.3 Å². The van der Waals surface area contributed by atoms with Crippen LogP contribution < -0.4 is 10.6 Å². The van der Waals surface area contributed by atoms with Crippen LogP contribution in [0.4, 0.5) is 4.79 Å². The van der Waals surface area contributed by atoms with Gasteiger partial charge in [0.05, 0.1) is 0 Å². The second-order valence-electron chi connectivity index (χ2n) is 5.66. The molecule has 0 heterocycles. The molecule has 4 N–H and O–H groups in total. The first kappa shape index (κ1) is 17.3. The summed E-state index contributed by atoms with van der Waals surface area (Å²) in [4.78, 5) is 33.4. The summed E-state index contributed by atoms with van der Waals surface area (Å²) in [5.41, 5.74) is 0. The summed E-state index contributed by atoms with van der Waals surface area (Å²) in [7, 11) is 0. The Bertz CT molecular complexity index is 386. The summed E-state index contributed by atoms with van der Waals surface area (Å²) in [5.74, 6) is -1.94. The van der Waals surface area contributed by atoms with Gasteiger partial charge in [-0.2, -0.15) is 0 Å². The van der Waals surface area contributed by atoms with Crippen molar-refractivity contribution < 1.29 is 24.6 Å². The van der Waals surface area contributed by atoms with E-state index in [2.05, 4.69) is 17.6 Å². The Balaban J connectivity index is 2.48. The summed E-state index contributed by atoms with van der Waals surface area (Å²) in [5, 5.41) is 22.8. The highest BCUT2D eigenvalue weighted by molar-refractivity contribution is 5.83. The predicted molar refractivity (Wildman–Crippen MR) is 76.0 cm³/mol. The smallest absolute Gasteiger partial charge is 0.326 e. The van der Waals surface area contributed by atoms with Crippen LogP contribution in [0.5, 0.6) is 0 Å². The minimum atomic E-state index is -1.22. The van der Waals surface area contributed by atoms with E-state index in [1.54, 1.807) is 0 Å². The lowest BCUT2D eigenvalue weighted by atomic mass is 9.97. The van der Waals surface area contributed by atoms with E-state index in [1.165, 1.54) is 0 Å². The molecule has 0 aromatic carbocycles. The number of carbonyl (C=O) groups excluding carboxylic acids is 1. The maximum Gasteiger partial charge on any atom is 0.326 e. The van der Waals surface area contributed by atoms with Crippen LogP contribution in [0.1, 0.15) is 51.9 Å². The molecule has 1 aliphatic rings. The minimum Gasteiger partial charge on any atom is -0.481 e. The molecule has 0 bridgehead atoms. The van der Waals surface area contributed by atoms with E-state index in [0.29, 0.717) is 5.92 Å². The first-order valence-electron chi connectivity index (χ1n) is 7.41. The number of rotatable bonds is 6. The topological polar surface area (TPSA) is 116 Å². The maximum atomic E-state index is 11.9. The number of hydrogen-bond donors (Lipinski definition) is 4. The second kappa shape index (κ2) is 8.49. The molecule has 7 heteroatoms. The highest BCUT2D eigenvalue weighted by Crippen LogP contribution is 2.22. The van der Waals surface area contributed by atoms with E-state index < -0.39 is 24.0 Å². The van der Waals surface area contributed by atoms with Crippen molar-refractivity contribution in [3.8, 4) is 0 Å². The van der Waals surface area contributed by atoms with Gasteiger partial charge in [-0.1, -0.05) is 26.2 Å². The molecule has 21 heavy (non-hydrogen) atoms. The number of nitrogens with one attached hydrogen (secondary N) is 2. The standard InChI is InChI=1S/C14H24N2O5/c1-9-5-3-2-4-6-10(9)15-14(21)16-11(13(19)20)7-8-12(17)18/h9-11H,2-8H2,1H3,(H,17,18)(H,19,20)(H2,15,16,21). The number of urea groups is 1. The molecule has 3 unspecified atom stereocenters. The molecule has 0 aromatic heterocycles. The van der Waals surface area contributed by atoms with Crippen LogP contribution >= 0.6 is 0 Å². The van der Waals surface area contributed by atoms with E-state index in [4.69, 9.17) is 10.2 Å². The highest BCUT2D eigenvalue weighted by Gasteiger charge is 2.25. The lowest BCUT2D eigenvalue weighted by Crippen LogP contribution is -2.50. The molecular formula is C14H24N2O5. The molecule has 3 atom stereocenters. The fourth-order valence-electron chi connectivity index (χ4n) is 2.60. The maximum absolute atomic E-state index is 11.9. The SMILES string of the molecule is CC1CCCCCC1NC(=O)NC(CCC(=O)O)C(=O)O. The number of carbonyl (C=O) groups is 3. The zero-order valence-electron chi connectivity index (χ0n) is 12.3. The van der Waals surface area contributed by atoms with Crippen molar-refractivity contribution in [3.05, 3.63) is 0 Å².